The van der Waals surface area contributed by atoms with Crippen molar-refractivity contribution < 1.29 is 18.1 Å². The largest absolute Gasteiger partial charge is 0.378 e. The van der Waals surface area contributed by atoms with Crippen LogP contribution in [0.2, 0.25) is 0 Å². The Morgan fingerprint density at radius 3 is 2.54 bits per heavy atom. The highest BCUT2D eigenvalue weighted by Gasteiger charge is 2.18. The van der Waals surface area contributed by atoms with E-state index in [1.807, 2.05) is 0 Å². The number of anilines is 1. The van der Waals surface area contributed by atoms with Crippen molar-refractivity contribution in [2.45, 2.75) is 17.7 Å². The third-order valence-corrected chi connectivity index (χ3v) is 4.07. The molecule has 136 valence electrons. The second-order valence-electron chi connectivity index (χ2n) is 4.88. The zero-order valence-corrected chi connectivity index (χ0v) is 14.8. The Hall–Kier alpha value is -1.91. The van der Waals surface area contributed by atoms with E-state index in [-0.39, 0.29) is 47.7 Å². The topological polar surface area (TPSA) is 144 Å². The maximum absolute atomic E-state index is 11.4. The number of halogens is 1. The molecular formula is C13H21ClN4O5S. The fourth-order valence-electron chi connectivity index (χ4n) is 1.79. The quantitative estimate of drug-likeness (QED) is 0.324. The maximum Gasteiger partial charge on any atom is 0.293 e. The van der Waals surface area contributed by atoms with E-state index in [0.29, 0.717) is 19.4 Å². The van der Waals surface area contributed by atoms with Crippen molar-refractivity contribution in [3.05, 3.63) is 28.3 Å². The van der Waals surface area contributed by atoms with Crippen LogP contribution in [0.4, 0.5) is 11.4 Å². The van der Waals surface area contributed by atoms with Crippen LogP contribution in [0.25, 0.3) is 0 Å². The molecule has 0 fully saturated rings. The first-order valence-corrected chi connectivity index (χ1v) is 8.84. The number of amides is 1. The normalized spacial score (nSPS) is 10.6. The molecule has 1 aromatic rings. The third kappa shape index (κ3) is 7.11. The van der Waals surface area contributed by atoms with Crippen molar-refractivity contribution in [1.29, 1.82) is 0 Å². The van der Waals surface area contributed by atoms with Gasteiger partial charge in [-0.3, -0.25) is 14.9 Å². The van der Waals surface area contributed by atoms with Crippen molar-refractivity contribution in [3.63, 3.8) is 0 Å². The minimum atomic E-state index is -3.52. The van der Waals surface area contributed by atoms with Crippen molar-refractivity contribution in [3.8, 4) is 0 Å². The van der Waals surface area contributed by atoms with Crippen LogP contribution in [0.15, 0.2) is 23.1 Å². The van der Waals surface area contributed by atoms with E-state index >= 15 is 0 Å². The molecule has 0 aliphatic heterocycles. The molecule has 0 heterocycles. The van der Waals surface area contributed by atoms with Gasteiger partial charge in [0, 0.05) is 31.8 Å². The Bertz CT molecular complexity index is 681. The van der Waals surface area contributed by atoms with Crippen molar-refractivity contribution >= 4 is 39.5 Å². The lowest BCUT2D eigenvalue weighted by Gasteiger charge is -2.09. The van der Waals surface area contributed by atoms with Crippen LogP contribution in [0.1, 0.15) is 12.8 Å². The summed E-state index contributed by atoms with van der Waals surface area (Å²) in [6.45, 7) is 0.992. The summed E-state index contributed by atoms with van der Waals surface area (Å²) in [5.41, 5.74) is 5.16. The Kier molecular flexibility index (Phi) is 9.26. The van der Waals surface area contributed by atoms with E-state index in [9.17, 15) is 23.3 Å². The summed E-state index contributed by atoms with van der Waals surface area (Å²) in [5, 5.41) is 16.5. The molecule has 9 nitrogen and oxygen atoms in total. The molecule has 0 spiro atoms. The summed E-state index contributed by atoms with van der Waals surface area (Å²) in [6.07, 6.45) is 1.91. The second-order valence-corrected chi connectivity index (χ2v) is 6.89. The number of nitrogens with zero attached hydrogens (tertiary/aromatic N) is 1. The first-order chi connectivity index (χ1) is 10.8. The number of nitro benzene ring substituents is 1. The van der Waals surface area contributed by atoms with Gasteiger partial charge in [-0.1, -0.05) is 0 Å². The molecule has 1 amide bonds. The van der Waals surface area contributed by atoms with E-state index in [1.54, 1.807) is 0 Å². The van der Waals surface area contributed by atoms with E-state index in [0.717, 1.165) is 12.3 Å². The van der Waals surface area contributed by atoms with Crippen molar-refractivity contribution in [2.24, 2.45) is 5.73 Å². The molecule has 0 saturated carbocycles. The van der Waals surface area contributed by atoms with Gasteiger partial charge in [-0.2, -0.15) is 0 Å². The number of carbonyl (C=O) groups is 1. The highest BCUT2D eigenvalue weighted by molar-refractivity contribution is 7.90. The molecule has 0 aliphatic carbocycles. The number of sulfone groups is 1. The number of rotatable bonds is 9. The van der Waals surface area contributed by atoms with E-state index < -0.39 is 14.8 Å². The Morgan fingerprint density at radius 1 is 1.33 bits per heavy atom. The van der Waals surface area contributed by atoms with Crippen molar-refractivity contribution in [1.82, 2.24) is 5.32 Å². The predicted octanol–water partition coefficient (Wildman–Crippen LogP) is 0.687. The first-order valence-electron chi connectivity index (χ1n) is 6.95. The number of nitro groups is 1. The molecule has 1 aromatic carbocycles. The summed E-state index contributed by atoms with van der Waals surface area (Å²) in [4.78, 5) is 21.6. The van der Waals surface area contributed by atoms with Gasteiger partial charge in [0.25, 0.3) is 5.69 Å². The van der Waals surface area contributed by atoms with Gasteiger partial charge in [0.15, 0.2) is 9.84 Å². The number of nitrogens with one attached hydrogen (secondary N) is 2. The molecule has 0 unspecified atom stereocenters. The average Bonchev–Trinajstić information content (AvgIpc) is 2.48. The van der Waals surface area contributed by atoms with Crippen LogP contribution in [-0.4, -0.2) is 45.1 Å². The smallest absolute Gasteiger partial charge is 0.293 e. The average molecular weight is 381 g/mol. The number of benzene rings is 1. The second kappa shape index (κ2) is 10.1. The van der Waals surface area contributed by atoms with Crippen LogP contribution in [-0.2, 0) is 14.6 Å². The fourth-order valence-corrected chi connectivity index (χ4v) is 2.43. The highest BCUT2D eigenvalue weighted by atomic mass is 35.5. The monoisotopic (exact) mass is 380 g/mol. The highest BCUT2D eigenvalue weighted by Crippen LogP contribution is 2.27. The minimum absolute atomic E-state index is 0. The molecule has 0 bridgehead atoms. The number of nitrogens with two attached hydrogens (primary N) is 1. The molecule has 24 heavy (non-hydrogen) atoms. The standard InChI is InChI=1S/C13H20N4O5S.ClH/c1-23(21,22)10-4-5-11(12(9-10)17(19)20)15-7-8-16-13(18)3-2-6-14;/h4-5,9,15H,2-3,6-8,14H2,1H3,(H,16,18);1H. The number of hydrogen-bond acceptors (Lipinski definition) is 7. The maximum atomic E-state index is 11.4. The lowest BCUT2D eigenvalue weighted by Crippen LogP contribution is -2.29. The van der Waals surface area contributed by atoms with Gasteiger partial charge < -0.3 is 16.4 Å². The van der Waals surface area contributed by atoms with Gasteiger partial charge in [0.05, 0.1) is 9.82 Å². The summed E-state index contributed by atoms with van der Waals surface area (Å²) in [7, 11) is -3.52. The zero-order chi connectivity index (χ0) is 17.5. The van der Waals surface area contributed by atoms with Gasteiger partial charge in [-0.15, -0.1) is 12.4 Å². The SMILES string of the molecule is CS(=O)(=O)c1ccc(NCCNC(=O)CCCN)c([N+](=O)[O-])c1.Cl. The Labute approximate surface area is 146 Å². The van der Waals surface area contributed by atoms with Gasteiger partial charge in [0.1, 0.15) is 5.69 Å². The molecule has 0 radical (unpaired) electrons. The van der Waals surface area contributed by atoms with E-state index in [1.165, 1.54) is 12.1 Å². The Balaban J connectivity index is 0.00000529. The minimum Gasteiger partial charge on any atom is -0.378 e. The van der Waals surface area contributed by atoms with Gasteiger partial charge in [-0.25, -0.2) is 8.42 Å². The lowest BCUT2D eigenvalue weighted by molar-refractivity contribution is -0.384. The van der Waals surface area contributed by atoms with E-state index in [4.69, 9.17) is 5.73 Å². The molecule has 11 heteroatoms. The molecule has 0 atom stereocenters. The van der Waals surface area contributed by atoms with Crippen molar-refractivity contribution in [2.75, 3.05) is 31.2 Å². The fraction of sp³-hybridized carbons (Fsp3) is 0.462. The summed E-state index contributed by atoms with van der Waals surface area (Å²) >= 11 is 0. The molecule has 0 aromatic heterocycles. The van der Waals surface area contributed by atoms with Gasteiger partial charge in [-0.05, 0) is 25.1 Å². The molecular weight excluding hydrogens is 360 g/mol. The molecule has 0 saturated heterocycles. The number of hydrogen-bond donors (Lipinski definition) is 3. The lowest BCUT2D eigenvalue weighted by atomic mass is 10.2. The summed E-state index contributed by atoms with van der Waals surface area (Å²) in [6, 6.07) is 3.65. The summed E-state index contributed by atoms with van der Waals surface area (Å²) < 4.78 is 22.9. The zero-order valence-electron chi connectivity index (χ0n) is 13.1. The van der Waals surface area contributed by atoms with Gasteiger partial charge in [0.2, 0.25) is 5.91 Å². The molecule has 1 rings (SSSR count). The summed E-state index contributed by atoms with van der Waals surface area (Å²) in [5.74, 6) is -0.140. The van der Waals surface area contributed by atoms with Crippen LogP contribution in [0, 0.1) is 10.1 Å². The van der Waals surface area contributed by atoms with Crippen LogP contribution >= 0.6 is 12.4 Å². The van der Waals surface area contributed by atoms with Crippen LogP contribution < -0.4 is 16.4 Å². The van der Waals surface area contributed by atoms with Crippen LogP contribution in [0.5, 0.6) is 0 Å². The van der Waals surface area contributed by atoms with E-state index in [2.05, 4.69) is 10.6 Å². The number of carbonyl (C=O) groups excluding carboxylic acids is 1. The molecule has 0 aliphatic rings. The first kappa shape index (κ1) is 22.1. The third-order valence-electron chi connectivity index (χ3n) is 2.96. The predicted molar refractivity (Wildman–Crippen MR) is 93.2 cm³/mol. The molecule has 4 N–H and O–H groups in total. The van der Waals surface area contributed by atoms with Crippen LogP contribution in [0.3, 0.4) is 0 Å². The Morgan fingerprint density at radius 2 is 2.00 bits per heavy atom. The van der Waals surface area contributed by atoms with Gasteiger partial charge >= 0.3 is 0 Å².